The van der Waals surface area contributed by atoms with E-state index in [0.717, 1.165) is 30.5 Å². The van der Waals surface area contributed by atoms with Crippen molar-refractivity contribution in [3.8, 4) is 11.5 Å². The Balaban J connectivity index is 1.51. The van der Waals surface area contributed by atoms with Gasteiger partial charge in [0.25, 0.3) is 0 Å². The first-order valence-corrected chi connectivity index (χ1v) is 10.8. The molecule has 1 unspecified atom stereocenters. The van der Waals surface area contributed by atoms with Crippen LogP contribution in [0.1, 0.15) is 45.7 Å². The molecule has 0 bridgehead atoms. The summed E-state index contributed by atoms with van der Waals surface area (Å²) in [5.74, 6) is 1.24. The molecule has 1 saturated heterocycles. The molecule has 2 N–H and O–H groups in total. The van der Waals surface area contributed by atoms with Gasteiger partial charge in [-0.3, -0.25) is 4.99 Å². The SMILES string of the molecule is CN=C(NCc1coc(-c2ccccc2)n1)NCC1CCCCN1C(=O)OC(C)(C)C. The van der Waals surface area contributed by atoms with E-state index in [1.165, 1.54) is 0 Å². The van der Waals surface area contributed by atoms with Crippen molar-refractivity contribution in [1.29, 1.82) is 0 Å². The molecular weight excluding hydrogens is 394 g/mol. The minimum Gasteiger partial charge on any atom is -0.444 e. The lowest BCUT2D eigenvalue weighted by Gasteiger charge is -2.37. The lowest BCUT2D eigenvalue weighted by molar-refractivity contribution is 0.0104. The van der Waals surface area contributed by atoms with Gasteiger partial charge in [0.2, 0.25) is 5.89 Å². The van der Waals surface area contributed by atoms with E-state index in [9.17, 15) is 4.79 Å². The number of amides is 1. The van der Waals surface area contributed by atoms with E-state index in [4.69, 9.17) is 9.15 Å². The Morgan fingerprint density at radius 3 is 2.74 bits per heavy atom. The fourth-order valence-corrected chi connectivity index (χ4v) is 3.48. The van der Waals surface area contributed by atoms with Crippen molar-refractivity contribution in [2.45, 2.75) is 58.2 Å². The molecule has 8 heteroatoms. The summed E-state index contributed by atoms with van der Waals surface area (Å²) in [6.45, 7) is 7.47. The predicted molar refractivity (Wildman–Crippen MR) is 121 cm³/mol. The molecule has 1 atom stereocenters. The van der Waals surface area contributed by atoms with Crippen LogP contribution in [-0.2, 0) is 11.3 Å². The maximum atomic E-state index is 12.6. The molecule has 2 aromatic rings. The maximum absolute atomic E-state index is 12.6. The topological polar surface area (TPSA) is 92.0 Å². The van der Waals surface area contributed by atoms with Crippen molar-refractivity contribution in [2.75, 3.05) is 20.1 Å². The fraction of sp³-hybridized carbons (Fsp3) is 0.522. The van der Waals surface area contributed by atoms with E-state index in [-0.39, 0.29) is 12.1 Å². The zero-order valence-corrected chi connectivity index (χ0v) is 18.9. The summed E-state index contributed by atoms with van der Waals surface area (Å²) in [5, 5.41) is 6.58. The Hall–Kier alpha value is -3.03. The molecule has 1 aliphatic heterocycles. The van der Waals surface area contributed by atoms with Gasteiger partial charge in [0.15, 0.2) is 5.96 Å². The number of guanidine groups is 1. The number of carbonyl (C=O) groups excluding carboxylic acids is 1. The van der Waals surface area contributed by atoms with Crippen LogP contribution in [0.15, 0.2) is 46.0 Å². The number of benzene rings is 1. The second-order valence-electron chi connectivity index (χ2n) is 8.64. The third-order valence-electron chi connectivity index (χ3n) is 4.99. The number of nitrogens with zero attached hydrogens (tertiary/aromatic N) is 3. The normalized spacial score (nSPS) is 17.4. The number of ether oxygens (including phenoxy) is 1. The Labute approximate surface area is 184 Å². The number of nitrogens with one attached hydrogen (secondary N) is 2. The number of aliphatic imine (C=N–C) groups is 1. The maximum Gasteiger partial charge on any atom is 0.410 e. The van der Waals surface area contributed by atoms with E-state index < -0.39 is 5.60 Å². The summed E-state index contributed by atoms with van der Waals surface area (Å²) in [6.07, 6.45) is 4.43. The number of oxazole rings is 1. The molecule has 31 heavy (non-hydrogen) atoms. The van der Waals surface area contributed by atoms with Crippen LogP contribution in [-0.4, -0.2) is 53.7 Å². The van der Waals surface area contributed by atoms with Crippen LogP contribution in [0.25, 0.3) is 11.5 Å². The summed E-state index contributed by atoms with van der Waals surface area (Å²) in [6, 6.07) is 9.86. The highest BCUT2D eigenvalue weighted by Gasteiger charge is 2.30. The van der Waals surface area contributed by atoms with E-state index in [1.807, 2.05) is 56.0 Å². The molecule has 8 nitrogen and oxygen atoms in total. The third-order valence-corrected chi connectivity index (χ3v) is 4.99. The lowest BCUT2D eigenvalue weighted by atomic mass is 10.0. The average molecular weight is 428 g/mol. The molecule has 0 saturated carbocycles. The van der Waals surface area contributed by atoms with E-state index in [2.05, 4.69) is 20.6 Å². The average Bonchev–Trinajstić information content (AvgIpc) is 3.22. The summed E-state index contributed by atoms with van der Waals surface area (Å²) in [5.41, 5.74) is 1.23. The van der Waals surface area contributed by atoms with Crippen molar-refractivity contribution in [3.63, 3.8) is 0 Å². The Kier molecular flexibility index (Phi) is 7.55. The van der Waals surface area contributed by atoms with Gasteiger partial charge < -0.3 is 24.7 Å². The van der Waals surface area contributed by atoms with Crippen LogP contribution in [0.5, 0.6) is 0 Å². The van der Waals surface area contributed by atoms with E-state index >= 15 is 0 Å². The second-order valence-corrected chi connectivity index (χ2v) is 8.64. The van der Waals surface area contributed by atoms with Crippen LogP contribution < -0.4 is 10.6 Å². The molecule has 1 aromatic carbocycles. The van der Waals surface area contributed by atoms with Crippen LogP contribution in [0, 0.1) is 0 Å². The number of likely N-dealkylation sites (tertiary alicyclic amines) is 1. The molecule has 1 aliphatic rings. The van der Waals surface area contributed by atoms with Gasteiger partial charge in [-0.1, -0.05) is 18.2 Å². The van der Waals surface area contributed by atoms with Gasteiger partial charge in [0.05, 0.1) is 18.3 Å². The van der Waals surface area contributed by atoms with Crippen molar-refractivity contribution >= 4 is 12.1 Å². The number of hydrogen-bond acceptors (Lipinski definition) is 5. The van der Waals surface area contributed by atoms with Gasteiger partial charge in [0, 0.05) is 25.7 Å². The first-order chi connectivity index (χ1) is 14.9. The van der Waals surface area contributed by atoms with Crippen molar-refractivity contribution in [3.05, 3.63) is 42.3 Å². The minimum atomic E-state index is -0.500. The van der Waals surface area contributed by atoms with Crippen molar-refractivity contribution < 1.29 is 13.9 Å². The summed E-state index contributed by atoms with van der Waals surface area (Å²) in [4.78, 5) is 23.2. The van der Waals surface area contributed by atoms with E-state index in [1.54, 1.807) is 13.3 Å². The molecule has 0 radical (unpaired) electrons. The molecule has 0 spiro atoms. The number of carbonyl (C=O) groups is 1. The van der Waals surface area contributed by atoms with Crippen LogP contribution >= 0.6 is 0 Å². The van der Waals surface area contributed by atoms with Crippen LogP contribution in [0.4, 0.5) is 4.79 Å². The summed E-state index contributed by atoms with van der Waals surface area (Å²) < 4.78 is 11.2. The molecule has 2 heterocycles. The number of aromatic nitrogens is 1. The highest BCUT2D eigenvalue weighted by molar-refractivity contribution is 5.79. The molecule has 3 rings (SSSR count). The molecule has 0 aliphatic carbocycles. The minimum absolute atomic E-state index is 0.0684. The standard InChI is InChI=1S/C23H33N5O3/c1-23(2,3)31-22(29)28-13-9-8-12-19(28)15-26-21(24-4)25-14-18-16-30-20(27-18)17-10-6-5-7-11-17/h5-7,10-11,16,19H,8-9,12-15H2,1-4H3,(H2,24,25,26). The monoisotopic (exact) mass is 427 g/mol. The first-order valence-electron chi connectivity index (χ1n) is 10.8. The van der Waals surface area contributed by atoms with Gasteiger partial charge >= 0.3 is 6.09 Å². The molecule has 1 aromatic heterocycles. The Morgan fingerprint density at radius 2 is 2.03 bits per heavy atom. The van der Waals surface area contributed by atoms with Gasteiger partial charge in [-0.15, -0.1) is 0 Å². The zero-order chi connectivity index (χ0) is 22.3. The van der Waals surface area contributed by atoms with Gasteiger partial charge in [-0.05, 0) is 52.2 Å². The zero-order valence-electron chi connectivity index (χ0n) is 18.9. The van der Waals surface area contributed by atoms with Crippen LogP contribution in [0.3, 0.4) is 0 Å². The Morgan fingerprint density at radius 1 is 1.26 bits per heavy atom. The quantitative estimate of drug-likeness (QED) is 0.557. The van der Waals surface area contributed by atoms with E-state index in [0.29, 0.717) is 31.5 Å². The number of hydrogen-bond donors (Lipinski definition) is 2. The fourth-order valence-electron chi connectivity index (χ4n) is 3.48. The van der Waals surface area contributed by atoms with Gasteiger partial charge in [-0.25, -0.2) is 9.78 Å². The second kappa shape index (κ2) is 10.3. The predicted octanol–water partition coefficient (Wildman–Crippen LogP) is 3.80. The largest absolute Gasteiger partial charge is 0.444 e. The highest BCUT2D eigenvalue weighted by atomic mass is 16.6. The third kappa shape index (κ3) is 6.73. The highest BCUT2D eigenvalue weighted by Crippen LogP contribution is 2.20. The number of rotatable bonds is 5. The summed E-state index contributed by atoms with van der Waals surface area (Å²) >= 11 is 0. The Bertz CT molecular complexity index is 873. The first kappa shape index (κ1) is 22.7. The molecular formula is C23H33N5O3. The lowest BCUT2D eigenvalue weighted by Crippen LogP contribution is -2.52. The van der Waals surface area contributed by atoms with Crippen LogP contribution in [0.2, 0.25) is 0 Å². The molecule has 1 fully saturated rings. The van der Waals surface area contributed by atoms with Gasteiger partial charge in [-0.2, -0.15) is 0 Å². The van der Waals surface area contributed by atoms with Gasteiger partial charge in [0.1, 0.15) is 11.9 Å². The molecule has 1 amide bonds. The van der Waals surface area contributed by atoms with Crippen molar-refractivity contribution in [1.82, 2.24) is 20.5 Å². The molecule has 168 valence electrons. The number of piperidine rings is 1. The van der Waals surface area contributed by atoms with Crippen molar-refractivity contribution in [2.24, 2.45) is 4.99 Å². The summed E-state index contributed by atoms with van der Waals surface area (Å²) in [7, 11) is 1.72. The smallest absolute Gasteiger partial charge is 0.410 e.